The average Bonchev–Trinajstić information content (AvgIpc) is 3.06. The summed E-state index contributed by atoms with van der Waals surface area (Å²) in [5.41, 5.74) is 6.27. The fraction of sp³-hybridized carbons (Fsp3) is 0.176. The number of methoxy groups -OCH3 is 2. The van der Waals surface area contributed by atoms with Gasteiger partial charge >= 0.3 is 0 Å². The average molecular weight is 376 g/mol. The molecule has 0 amide bonds. The minimum Gasteiger partial charge on any atom is -0.496 e. The molecule has 0 saturated carbocycles. The van der Waals surface area contributed by atoms with E-state index in [1.807, 2.05) is 12.1 Å². The van der Waals surface area contributed by atoms with Crippen LogP contribution in [0.2, 0.25) is 5.02 Å². The maximum absolute atomic E-state index is 6.34. The second-order valence-electron chi connectivity index (χ2n) is 5.26. The number of nitrogens with one attached hydrogen (secondary N) is 2. The number of benzene rings is 2. The summed E-state index contributed by atoms with van der Waals surface area (Å²) in [5, 5.41) is 10.1. The van der Waals surface area contributed by atoms with E-state index in [1.165, 1.54) is 0 Å². The van der Waals surface area contributed by atoms with Crippen molar-refractivity contribution in [2.75, 3.05) is 25.3 Å². The van der Waals surface area contributed by atoms with Crippen LogP contribution in [0.4, 0.5) is 11.9 Å². The van der Waals surface area contributed by atoms with Crippen molar-refractivity contribution < 1.29 is 14.2 Å². The molecule has 2 aromatic carbocycles. The van der Waals surface area contributed by atoms with Gasteiger partial charge in [-0.2, -0.15) is 4.98 Å². The largest absolute Gasteiger partial charge is 0.496 e. The summed E-state index contributed by atoms with van der Waals surface area (Å²) in [6.07, 6.45) is 0. The molecule has 9 heteroatoms. The molecule has 1 aromatic heterocycles. The van der Waals surface area contributed by atoms with Gasteiger partial charge in [0.1, 0.15) is 23.0 Å². The normalized spacial score (nSPS) is 10.4. The zero-order chi connectivity index (χ0) is 18.5. The second-order valence-corrected chi connectivity index (χ2v) is 5.67. The van der Waals surface area contributed by atoms with Crippen molar-refractivity contribution in [2.45, 2.75) is 6.54 Å². The quantitative estimate of drug-likeness (QED) is 0.580. The Labute approximate surface area is 155 Å². The van der Waals surface area contributed by atoms with Crippen LogP contribution in [0.25, 0.3) is 0 Å². The lowest BCUT2D eigenvalue weighted by Gasteiger charge is -2.14. The number of nitrogen functional groups attached to an aromatic ring is 1. The van der Waals surface area contributed by atoms with Gasteiger partial charge in [0.2, 0.25) is 11.9 Å². The van der Waals surface area contributed by atoms with Gasteiger partial charge in [-0.3, -0.25) is 0 Å². The van der Waals surface area contributed by atoms with Crippen molar-refractivity contribution in [3.63, 3.8) is 0 Å². The number of H-pyrrole nitrogens is 1. The lowest BCUT2D eigenvalue weighted by molar-refractivity contribution is 0.386. The fourth-order valence-corrected chi connectivity index (χ4v) is 2.53. The molecule has 0 saturated heterocycles. The first-order chi connectivity index (χ1) is 12.6. The molecule has 1 heterocycles. The summed E-state index contributed by atoms with van der Waals surface area (Å²) in [7, 11) is 3.16. The highest BCUT2D eigenvalue weighted by atomic mass is 35.5. The number of nitrogens with zero attached hydrogens (tertiary/aromatic N) is 2. The van der Waals surface area contributed by atoms with Crippen LogP contribution in [-0.2, 0) is 6.54 Å². The van der Waals surface area contributed by atoms with E-state index >= 15 is 0 Å². The number of anilines is 2. The number of hydrogen-bond donors (Lipinski definition) is 3. The molecular formula is C17H18ClN5O3. The van der Waals surface area contributed by atoms with Crippen molar-refractivity contribution in [1.29, 1.82) is 0 Å². The van der Waals surface area contributed by atoms with Crippen LogP contribution in [0.3, 0.4) is 0 Å². The molecule has 136 valence electrons. The van der Waals surface area contributed by atoms with Gasteiger partial charge in [0.15, 0.2) is 0 Å². The first-order valence-electron chi connectivity index (χ1n) is 7.69. The number of aromatic amines is 1. The second kappa shape index (κ2) is 7.83. The number of rotatable bonds is 7. The fourth-order valence-electron chi connectivity index (χ4n) is 2.29. The first-order valence-corrected chi connectivity index (χ1v) is 8.07. The third-order valence-electron chi connectivity index (χ3n) is 3.55. The van der Waals surface area contributed by atoms with Gasteiger partial charge in [-0.1, -0.05) is 17.7 Å². The molecule has 3 rings (SSSR count). The van der Waals surface area contributed by atoms with E-state index in [2.05, 4.69) is 20.5 Å². The number of ether oxygens (including phenoxy) is 3. The zero-order valence-corrected chi connectivity index (χ0v) is 15.0. The summed E-state index contributed by atoms with van der Waals surface area (Å²) in [6.45, 7) is 0.355. The van der Waals surface area contributed by atoms with Crippen molar-refractivity contribution >= 4 is 23.5 Å². The standard InChI is InChI=1S/C17H18ClN5O3/c1-24-10-6-11(25-2)8-12(7-10)26-15-5-3-4-14(18)13(15)9-20-17-21-16(19)22-23-17/h3-8H,9H2,1-2H3,(H4,19,20,21,22,23). The molecular weight excluding hydrogens is 358 g/mol. The third kappa shape index (κ3) is 4.09. The molecule has 0 radical (unpaired) electrons. The highest BCUT2D eigenvalue weighted by Crippen LogP contribution is 2.34. The first kappa shape index (κ1) is 17.7. The Morgan fingerprint density at radius 1 is 1.12 bits per heavy atom. The van der Waals surface area contributed by atoms with Crippen LogP contribution in [0.5, 0.6) is 23.0 Å². The summed E-state index contributed by atoms with van der Waals surface area (Å²) in [4.78, 5) is 4.00. The Kier molecular flexibility index (Phi) is 5.33. The molecule has 0 aliphatic rings. The molecule has 3 aromatic rings. The minimum atomic E-state index is 0.228. The van der Waals surface area contributed by atoms with Gasteiger partial charge in [-0.15, -0.1) is 5.10 Å². The van der Waals surface area contributed by atoms with E-state index in [0.29, 0.717) is 40.5 Å². The van der Waals surface area contributed by atoms with Crippen LogP contribution in [0.15, 0.2) is 36.4 Å². The zero-order valence-electron chi connectivity index (χ0n) is 14.2. The van der Waals surface area contributed by atoms with Crippen LogP contribution in [0.1, 0.15) is 5.56 Å². The van der Waals surface area contributed by atoms with E-state index in [1.54, 1.807) is 38.5 Å². The minimum absolute atomic E-state index is 0.228. The smallest absolute Gasteiger partial charge is 0.243 e. The van der Waals surface area contributed by atoms with Crippen LogP contribution < -0.4 is 25.3 Å². The van der Waals surface area contributed by atoms with Crippen molar-refractivity contribution in [2.24, 2.45) is 0 Å². The highest BCUT2D eigenvalue weighted by Gasteiger charge is 2.12. The van der Waals surface area contributed by atoms with E-state index in [9.17, 15) is 0 Å². The molecule has 0 aliphatic carbocycles. The molecule has 0 fully saturated rings. The Morgan fingerprint density at radius 3 is 2.42 bits per heavy atom. The predicted octanol–water partition coefficient (Wildman–Crippen LogP) is 3.46. The number of hydrogen-bond acceptors (Lipinski definition) is 7. The molecule has 0 bridgehead atoms. The summed E-state index contributed by atoms with van der Waals surface area (Å²) >= 11 is 6.34. The lowest BCUT2D eigenvalue weighted by Crippen LogP contribution is -2.04. The van der Waals surface area contributed by atoms with Gasteiger partial charge in [-0.25, -0.2) is 5.10 Å². The number of halogens is 1. The lowest BCUT2D eigenvalue weighted by atomic mass is 10.2. The molecule has 0 aliphatic heterocycles. The van der Waals surface area contributed by atoms with E-state index in [4.69, 9.17) is 31.5 Å². The van der Waals surface area contributed by atoms with Crippen LogP contribution in [-0.4, -0.2) is 29.4 Å². The monoisotopic (exact) mass is 375 g/mol. The van der Waals surface area contributed by atoms with Gasteiger partial charge in [0, 0.05) is 35.3 Å². The molecule has 26 heavy (non-hydrogen) atoms. The van der Waals surface area contributed by atoms with Crippen molar-refractivity contribution in [3.8, 4) is 23.0 Å². The Morgan fingerprint density at radius 2 is 1.81 bits per heavy atom. The molecule has 4 N–H and O–H groups in total. The van der Waals surface area contributed by atoms with Gasteiger partial charge in [0.25, 0.3) is 0 Å². The van der Waals surface area contributed by atoms with Gasteiger partial charge in [0.05, 0.1) is 14.2 Å². The molecule has 0 atom stereocenters. The molecule has 0 spiro atoms. The van der Waals surface area contributed by atoms with Gasteiger partial charge in [-0.05, 0) is 12.1 Å². The molecule has 8 nitrogen and oxygen atoms in total. The topological polar surface area (TPSA) is 107 Å². The predicted molar refractivity (Wildman–Crippen MR) is 99.2 cm³/mol. The maximum atomic E-state index is 6.34. The van der Waals surface area contributed by atoms with Crippen molar-refractivity contribution in [1.82, 2.24) is 15.2 Å². The summed E-state index contributed by atoms with van der Waals surface area (Å²) < 4.78 is 16.5. The molecule has 0 unspecified atom stereocenters. The van der Waals surface area contributed by atoms with Gasteiger partial charge < -0.3 is 25.3 Å². The summed E-state index contributed by atoms with van der Waals surface area (Å²) in [6, 6.07) is 10.7. The number of aromatic nitrogens is 3. The van der Waals surface area contributed by atoms with Crippen molar-refractivity contribution in [3.05, 3.63) is 47.0 Å². The van der Waals surface area contributed by atoms with E-state index in [0.717, 1.165) is 5.56 Å². The summed E-state index contributed by atoms with van der Waals surface area (Å²) in [5.74, 6) is 2.99. The SMILES string of the molecule is COc1cc(OC)cc(Oc2cccc(Cl)c2CNc2n[nH]c(N)n2)c1. The third-order valence-corrected chi connectivity index (χ3v) is 3.91. The van der Waals surface area contributed by atoms with Crippen LogP contribution in [0, 0.1) is 0 Å². The Bertz CT molecular complexity index is 878. The van der Waals surface area contributed by atoms with E-state index < -0.39 is 0 Å². The van der Waals surface area contributed by atoms with Crippen LogP contribution >= 0.6 is 11.6 Å². The Balaban J connectivity index is 1.85. The maximum Gasteiger partial charge on any atom is 0.243 e. The highest BCUT2D eigenvalue weighted by molar-refractivity contribution is 6.31. The Hall–Kier alpha value is -3.13. The van der Waals surface area contributed by atoms with E-state index in [-0.39, 0.29) is 5.95 Å². The number of nitrogens with two attached hydrogens (primary N) is 1.